The smallest absolute Gasteiger partial charge is 0.0519 e. The van der Waals surface area contributed by atoms with Crippen LogP contribution in [0.5, 0.6) is 0 Å². The minimum absolute atomic E-state index is 0.0531. The van der Waals surface area contributed by atoms with Crippen molar-refractivity contribution in [2.24, 2.45) is 17.2 Å². The van der Waals surface area contributed by atoms with Gasteiger partial charge in [0.05, 0.1) is 11.4 Å². The van der Waals surface area contributed by atoms with Crippen LogP contribution < -0.4 is 17.2 Å². The first-order chi connectivity index (χ1) is 4.20. The van der Waals surface area contributed by atoms with E-state index in [2.05, 4.69) is 0 Å². The standard InChI is InChI=1S/C6H11N3/c7-4-1-2-5(8)6(9)3-4/h2-4H,1,7-9H2. The highest BCUT2D eigenvalue weighted by Gasteiger charge is 2.05. The van der Waals surface area contributed by atoms with Crippen molar-refractivity contribution in [3.05, 3.63) is 23.5 Å². The fourth-order valence-corrected chi connectivity index (χ4v) is 0.776. The van der Waals surface area contributed by atoms with Crippen LogP contribution in [0.25, 0.3) is 0 Å². The Morgan fingerprint density at radius 1 is 1.33 bits per heavy atom. The van der Waals surface area contributed by atoms with Crippen LogP contribution in [0.1, 0.15) is 6.42 Å². The number of hydrogen-bond acceptors (Lipinski definition) is 3. The van der Waals surface area contributed by atoms with Gasteiger partial charge in [0.2, 0.25) is 0 Å². The van der Waals surface area contributed by atoms with Gasteiger partial charge in [0.15, 0.2) is 0 Å². The van der Waals surface area contributed by atoms with Crippen LogP contribution in [-0.2, 0) is 0 Å². The van der Waals surface area contributed by atoms with E-state index in [-0.39, 0.29) is 6.04 Å². The van der Waals surface area contributed by atoms with Crippen molar-refractivity contribution in [3.8, 4) is 0 Å². The maximum Gasteiger partial charge on any atom is 0.0519 e. The largest absolute Gasteiger partial charge is 0.397 e. The Bertz CT molecular complexity index is 169. The minimum atomic E-state index is 0.0531. The Hall–Kier alpha value is -0.960. The molecule has 1 aliphatic rings. The summed E-state index contributed by atoms with van der Waals surface area (Å²) in [5.41, 5.74) is 17.7. The molecule has 50 valence electrons. The molecule has 0 radical (unpaired) electrons. The molecule has 1 aliphatic carbocycles. The van der Waals surface area contributed by atoms with E-state index in [9.17, 15) is 0 Å². The molecule has 1 atom stereocenters. The first-order valence-corrected chi connectivity index (χ1v) is 2.89. The summed E-state index contributed by atoms with van der Waals surface area (Å²) in [4.78, 5) is 0. The average molecular weight is 125 g/mol. The Morgan fingerprint density at radius 2 is 2.00 bits per heavy atom. The second-order valence-electron chi connectivity index (χ2n) is 2.18. The third-order valence-electron chi connectivity index (χ3n) is 1.34. The lowest BCUT2D eigenvalue weighted by Crippen LogP contribution is -2.24. The highest BCUT2D eigenvalue weighted by Crippen LogP contribution is 2.07. The molecular weight excluding hydrogens is 114 g/mol. The summed E-state index contributed by atoms with van der Waals surface area (Å²) in [7, 11) is 0. The van der Waals surface area contributed by atoms with Crippen molar-refractivity contribution in [3.63, 3.8) is 0 Å². The lowest BCUT2D eigenvalue weighted by molar-refractivity contribution is 0.802. The minimum Gasteiger partial charge on any atom is -0.397 e. The molecule has 0 aromatic carbocycles. The molecule has 3 heteroatoms. The van der Waals surface area contributed by atoms with Crippen LogP contribution in [0.2, 0.25) is 0 Å². The van der Waals surface area contributed by atoms with Gasteiger partial charge >= 0.3 is 0 Å². The molecule has 0 aromatic heterocycles. The first-order valence-electron chi connectivity index (χ1n) is 2.89. The van der Waals surface area contributed by atoms with E-state index in [0.29, 0.717) is 11.4 Å². The first kappa shape index (κ1) is 6.16. The zero-order chi connectivity index (χ0) is 6.85. The van der Waals surface area contributed by atoms with Crippen molar-refractivity contribution in [2.75, 3.05) is 0 Å². The fraction of sp³-hybridized carbons (Fsp3) is 0.333. The summed E-state index contributed by atoms with van der Waals surface area (Å²) in [6.07, 6.45) is 4.42. The van der Waals surface area contributed by atoms with E-state index in [4.69, 9.17) is 17.2 Å². The third-order valence-corrected chi connectivity index (χ3v) is 1.34. The molecule has 0 amide bonds. The zero-order valence-corrected chi connectivity index (χ0v) is 5.17. The summed E-state index contributed by atoms with van der Waals surface area (Å²) in [5.74, 6) is 0. The molecule has 0 fully saturated rings. The third kappa shape index (κ3) is 1.23. The van der Waals surface area contributed by atoms with Gasteiger partial charge in [-0.1, -0.05) is 6.08 Å². The van der Waals surface area contributed by atoms with Gasteiger partial charge in [-0.25, -0.2) is 0 Å². The molecule has 0 heterocycles. The van der Waals surface area contributed by atoms with Crippen molar-refractivity contribution in [1.82, 2.24) is 0 Å². The number of hydrogen-bond donors (Lipinski definition) is 3. The van der Waals surface area contributed by atoms with E-state index in [1.165, 1.54) is 0 Å². The molecule has 3 nitrogen and oxygen atoms in total. The maximum atomic E-state index is 5.53. The number of rotatable bonds is 0. The quantitative estimate of drug-likeness (QED) is 0.404. The molecule has 0 aromatic rings. The summed E-state index contributed by atoms with van der Waals surface area (Å²) < 4.78 is 0. The summed E-state index contributed by atoms with van der Waals surface area (Å²) in [6.45, 7) is 0. The number of nitrogens with two attached hydrogens (primary N) is 3. The van der Waals surface area contributed by atoms with E-state index in [1.54, 1.807) is 6.08 Å². The van der Waals surface area contributed by atoms with Crippen LogP contribution in [0.4, 0.5) is 0 Å². The zero-order valence-electron chi connectivity index (χ0n) is 5.17. The molecule has 1 rings (SSSR count). The molecule has 1 unspecified atom stereocenters. The Kier molecular flexibility index (Phi) is 1.44. The van der Waals surface area contributed by atoms with Gasteiger partial charge in [0, 0.05) is 6.04 Å². The van der Waals surface area contributed by atoms with Crippen LogP contribution in [0.15, 0.2) is 23.5 Å². The van der Waals surface area contributed by atoms with E-state index >= 15 is 0 Å². The monoisotopic (exact) mass is 125 g/mol. The van der Waals surface area contributed by atoms with Gasteiger partial charge in [-0.05, 0) is 12.5 Å². The fourth-order valence-electron chi connectivity index (χ4n) is 0.776. The second kappa shape index (κ2) is 2.11. The summed E-state index contributed by atoms with van der Waals surface area (Å²) >= 11 is 0. The lowest BCUT2D eigenvalue weighted by atomic mass is 10.1. The highest BCUT2D eigenvalue weighted by molar-refractivity contribution is 5.30. The normalized spacial score (nSPS) is 27.0. The average Bonchev–Trinajstić information content (AvgIpc) is 1.80. The predicted octanol–water partition coefficient (Wildman–Crippen LogP) is -0.597. The second-order valence-corrected chi connectivity index (χ2v) is 2.18. The Morgan fingerprint density at radius 3 is 2.44 bits per heavy atom. The van der Waals surface area contributed by atoms with Crippen molar-refractivity contribution < 1.29 is 0 Å². The van der Waals surface area contributed by atoms with E-state index in [0.717, 1.165) is 6.42 Å². The van der Waals surface area contributed by atoms with Gasteiger partial charge in [-0.3, -0.25) is 0 Å². The molecule has 0 saturated carbocycles. The van der Waals surface area contributed by atoms with Gasteiger partial charge in [0.1, 0.15) is 0 Å². The van der Waals surface area contributed by atoms with Crippen LogP contribution >= 0.6 is 0 Å². The van der Waals surface area contributed by atoms with Crippen molar-refractivity contribution in [2.45, 2.75) is 12.5 Å². The Balaban J connectivity index is 2.75. The molecule has 9 heavy (non-hydrogen) atoms. The molecule has 0 bridgehead atoms. The van der Waals surface area contributed by atoms with Crippen LogP contribution in [0, 0.1) is 0 Å². The van der Waals surface area contributed by atoms with E-state index in [1.807, 2.05) is 6.08 Å². The summed E-state index contributed by atoms with van der Waals surface area (Å²) in [6, 6.07) is 0.0531. The molecule has 0 aliphatic heterocycles. The van der Waals surface area contributed by atoms with Crippen LogP contribution in [-0.4, -0.2) is 6.04 Å². The molecular formula is C6H11N3. The van der Waals surface area contributed by atoms with Crippen molar-refractivity contribution in [1.29, 1.82) is 0 Å². The van der Waals surface area contributed by atoms with Gasteiger partial charge in [0.25, 0.3) is 0 Å². The SMILES string of the molecule is NC1=CCC(N)C=C1N. The van der Waals surface area contributed by atoms with Gasteiger partial charge in [-0.15, -0.1) is 0 Å². The van der Waals surface area contributed by atoms with Crippen molar-refractivity contribution >= 4 is 0 Å². The lowest BCUT2D eigenvalue weighted by Gasteiger charge is -2.12. The molecule has 0 saturated heterocycles. The molecule has 6 N–H and O–H groups in total. The predicted molar refractivity (Wildman–Crippen MR) is 37.1 cm³/mol. The Labute approximate surface area is 54.2 Å². The topological polar surface area (TPSA) is 78.1 Å². The summed E-state index contributed by atoms with van der Waals surface area (Å²) in [5, 5.41) is 0. The van der Waals surface area contributed by atoms with Gasteiger partial charge in [-0.2, -0.15) is 0 Å². The maximum absolute atomic E-state index is 5.53. The van der Waals surface area contributed by atoms with Crippen LogP contribution in [0.3, 0.4) is 0 Å². The highest BCUT2D eigenvalue weighted by atomic mass is 14.7. The van der Waals surface area contributed by atoms with E-state index < -0.39 is 0 Å². The molecule has 0 spiro atoms. The van der Waals surface area contributed by atoms with Gasteiger partial charge < -0.3 is 17.2 Å².